The number of para-hydroxylation sites is 1. The minimum absolute atomic E-state index is 0.0522. The van der Waals surface area contributed by atoms with Crippen LogP contribution in [0.3, 0.4) is 0 Å². The molecule has 0 aliphatic carbocycles. The molecule has 3 rings (SSSR count). The van der Waals surface area contributed by atoms with Gasteiger partial charge in [0, 0.05) is 38.1 Å². The van der Waals surface area contributed by atoms with E-state index in [4.69, 9.17) is 21.1 Å². The van der Waals surface area contributed by atoms with Gasteiger partial charge in [-0.3, -0.25) is 14.4 Å². The predicted octanol–water partition coefficient (Wildman–Crippen LogP) is 2.10. The van der Waals surface area contributed by atoms with Crippen molar-refractivity contribution in [3.8, 4) is 0 Å². The van der Waals surface area contributed by atoms with Crippen LogP contribution in [0.2, 0.25) is 5.02 Å². The molecular formula is C23H27ClN4O6. The largest absolute Gasteiger partial charge is 0.468 e. The molecule has 182 valence electrons. The zero-order valence-corrected chi connectivity index (χ0v) is 19.8. The van der Waals surface area contributed by atoms with Gasteiger partial charge in [-0.2, -0.15) is 0 Å². The van der Waals surface area contributed by atoms with Crippen LogP contribution in [0.1, 0.15) is 23.8 Å². The summed E-state index contributed by atoms with van der Waals surface area (Å²) in [7, 11) is 1.21. The molecule has 0 spiro atoms. The van der Waals surface area contributed by atoms with E-state index in [1.807, 2.05) is 12.1 Å². The summed E-state index contributed by atoms with van der Waals surface area (Å²) in [4.78, 5) is 57.1. The third-order valence-corrected chi connectivity index (χ3v) is 5.83. The molecule has 1 unspecified atom stereocenters. The minimum Gasteiger partial charge on any atom is -0.468 e. The van der Waals surface area contributed by atoms with Gasteiger partial charge in [-0.1, -0.05) is 29.8 Å². The van der Waals surface area contributed by atoms with Gasteiger partial charge in [0.1, 0.15) is 11.6 Å². The highest BCUT2D eigenvalue weighted by Gasteiger charge is 2.34. The molecule has 1 fully saturated rings. The fourth-order valence-electron chi connectivity index (χ4n) is 3.70. The number of pyridine rings is 1. The Morgan fingerprint density at radius 3 is 2.47 bits per heavy atom. The van der Waals surface area contributed by atoms with Crippen LogP contribution in [0.15, 0.2) is 30.3 Å². The minimum atomic E-state index is -1.08. The Labute approximate surface area is 202 Å². The van der Waals surface area contributed by atoms with E-state index in [0.29, 0.717) is 23.6 Å². The molecule has 11 heteroatoms. The number of rotatable bonds is 7. The molecule has 1 saturated heterocycles. The van der Waals surface area contributed by atoms with Crippen molar-refractivity contribution in [2.75, 3.05) is 46.4 Å². The van der Waals surface area contributed by atoms with E-state index in [1.54, 1.807) is 19.1 Å². The molecule has 1 N–H and O–H groups in total. The molecule has 1 atom stereocenters. The number of methoxy groups -OCH3 is 1. The van der Waals surface area contributed by atoms with E-state index < -0.39 is 29.8 Å². The summed E-state index contributed by atoms with van der Waals surface area (Å²) in [6, 6.07) is 8.67. The first kappa shape index (κ1) is 25.2. The number of carbonyl (C=O) groups is 4. The van der Waals surface area contributed by atoms with Crippen molar-refractivity contribution in [3.05, 3.63) is 41.0 Å². The Kier molecular flexibility index (Phi) is 8.64. The number of halogens is 1. The zero-order chi connectivity index (χ0) is 24.7. The smallest absolute Gasteiger partial charge is 0.409 e. The maximum absolute atomic E-state index is 13.0. The van der Waals surface area contributed by atoms with Crippen molar-refractivity contribution in [3.63, 3.8) is 0 Å². The van der Waals surface area contributed by atoms with Crippen molar-refractivity contribution in [2.24, 2.45) is 5.92 Å². The standard InChI is InChI=1S/C23H27ClN4O6/c1-3-34-23(32)28-12-10-27(11-13-28)21(30)16(22(31)33-2)8-9-25-20(29)19-14-17(24)15-6-4-5-7-18(15)26-19/h4-7,14,16H,3,8-13H2,1-2H3,(H,25,29). The average Bonchev–Trinajstić information content (AvgIpc) is 2.86. The highest BCUT2D eigenvalue weighted by molar-refractivity contribution is 6.35. The molecule has 34 heavy (non-hydrogen) atoms. The highest BCUT2D eigenvalue weighted by atomic mass is 35.5. The molecule has 10 nitrogen and oxygen atoms in total. The molecule has 0 radical (unpaired) electrons. The summed E-state index contributed by atoms with van der Waals surface area (Å²) in [6.45, 7) is 3.22. The van der Waals surface area contributed by atoms with Crippen LogP contribution in [0.5, 0.6) is 0 Å². The topological polar surface area (TPSA) is 118 Å². The van der Waals surface area contributed by atoms with Gasteiger partial charge < -0.3 is 24.6 Å². The van der Waals surface area contributed by atoms with Crippen LogP contribution in [-0.2, 0) is 19.1 Å². The van der Waals surface area contributed by atoms with Gasteiger partial charge in [-0.05, 0) is 25.5 Å². The summed E-state index contributed by atoms with van der Waals surface area (Å²) in [6.07, 6.45) is -0.374. The molecule has 3 amide bonds. The molecule has 1 aromatic heterocycles. The Bertz CT molecular complexity index is 1070. The molecular weight excluding hydrogens is 464 g/mol. The van der Waals surface area contributed by atoms with Crippen molar-refractivity contribution < 1.29 is 28.7 Å². The van der Waals surface area contributed by atoms with E-state index in [2.05, 4.69) is 10.3 Å². The highest BCUT2D eigenvalue weighted by Crippen LogP contribution is 2.22. The van der Waals surface area contributed by atoms with E-state index in [9.17, 15) is 19.2 Å². The molecule has 0 saturated carbocycles. The first-order valence-corrected chi connectivity index (χ1v) is 11.3. The van der Waals surface area contributed by atoms with Gasteiger partial charge >= 0.3 is 12.1 Å². The lowest BCUT2D eigenvalue weighted by atomic mass is 10.0. The third kappa shape index (κ3) is 5.93. The third-order valence-electron chi connectivity index (χ3n) is 5.52. The SMILES string of the molecule is CCOC(=O)N1CCN(C(=O)C(CCNC(=O)c2cc(Cl)c3ccccc3n2)C(=O)OC)CC1. The molecule has 1 aromatic carbocycles. The lowest BCUT2D eigenvalue weighted by Crippen LogP contribution is -2.53. The van der Waals surface area contributed by atoms with Gasteiger partial charge in [0.15, 0.2) is 0 Å². The second-order valence-electron chi connectivity index (χ2n) is 7.64. The molecule has 0 bridgehead atoms. The number of benzene rings is 1. The van der Waals surface area contributed by atoms with Gasteiger partial charge in [0.2, 0.25) is 5.91 Å². The monoisotopic (exact) mass is 490 g/mol. The van der Waals surface area contributed by atoms with Crippen LogP contribution < -0.4 is 5.32 Å². The number of carbonyl (C=O) groups excluding carboxylic acids is 4. The fourth-order valence-corrected chi connectivity index (χ4v) is 3.96. The maximum Gasteiger partial charge on any atom is 0.409 e. The maximum atomic E-state index is 13.0. The van der Waals surface area contributed by atoms with Crippen molar-refractivity contribution in [1.29, 1.82) is 0 Å². The Hall–Kier alpha value is -3.40. The van der Waals surface area contributed by atoms with E-state index in [1.165, 1.54) is 23.0 Å². The second-order valence-corrected chi connectivity index (χ2v) is 8.05. The lowest BCUT2D eigenvalue weighted by Gasteiger charge is -2.35. The van der Waals surface area contributed by atoms with Gasteiger partial charge in [0.05, 0.1) is 24.3 Å². The summed E-state index contributed by atoms with van der Waals surface area (Å²) in [5.41, 5.74) is 0.726. The second kappa shape index (κ2) is 11.6. The fraction of sp³-hybridized carbons (Fsp3) is 0.435. The summed E-state index contributed by atoms with van der Waals surface area (Å²) in [5.74, 6) is -2.63. The number of amides is 3. The summed E-state index contributed by atoms with van der Waals surface area (Å²) < 4.78 is 9.79. The molecule has 2 heterocycles. The van der Waals surface area contributed by atoms with Crippen molar-refractivity contribution in [2.45, 2.75) is 13.3 Å². The van der Waals surface area contributed by atoms with Gasteiger partial charge in [0.25, 0.3) is 5.91 Å². The molecule has 2 aromatic rings. The molecule has 1 aliphatic rings. The number of nitrogens with zero attached hydrogens (tertiary/aromatic N) is 3. The number of aromatic nitrogens is 1. The number of hydrogen-bond acceptors (Lipinski definition) is 7. The van der Waals surface area contributed by atoms with E-state index >= 15 is 0 Å². The first-order valence-electron chi connectivity index (χ1n) is 11.0. The molecule has 1 aliphatic heterocycles. The Morgan fingerprint density at radius 1 is 1.12 bits per heavy atom. The zero-order valence-electron chi connectivity index (χ0n) is 19.1. The van der Waals surface area contributed by atoms with Crippen LogP contribution in [0.25, 0.3) is 10.9 Å². The quantitative estimate of drug-likeness (QED) is 0.466. The summed E-state index contributed by atoms with van der Waals surface area (Å²) in [5, 5.41) is 3.83. The normalized spacial score (nSPS) is 14.4. The number of piperazine rings is 1. The lowest BCUT2D eigenvalue weighted by molar-refractivity contribution is -0.154. The predicted molar refractivity (Wildman–Crippen MR) is 124 cm³/mol. The van der Waals surface area contributed by atoms with Crippen molar-refractivity contribution >= 4 is 46.4 Å². The number of fused-ring (bicyclic) bond motifs is 1. The number of esters is 1. The Balaban J connectivity index is 1.58. The first-order chi connectivity index (χ1) is 16.3. The van der Waals surface area contributed by atoms with Crippen molar-refractivity contribution in [1.82, 2.24) is 20.1 Å². The summed E-state index contributed by atoms with van der Waals surface area (Å²) >= 11 is 6.26. The Morgan fingerprint density at radius 2 is 1.79 bits per heavy atom. The number of nitrogens with one attached hydrogen (secondary N) is 1. The van der Waals surface area contributed by atoms with Crippen LogP contribution in [0, 0.1) is 5.92 Å². The van der Waals surface area contributed by atoms with E-state index in [-0.39, 0.29) is 38.4 Å². The van der Waals surface area contributed by atoms with Gasteiger partial charge in [-0.25, -0.2) is 9.78 Å². The van der Waals surface area contributed by atoms with Gasteiger partial charge in [-0.15, -0.1) is 0 Å². The van der Waals surface area contributed by atoms with E-state index in [0.717, 1.165) is 5.39 Å². The van der Waals surface area contributed by atoms with Crippen LogP contribution in [0.4, 0.5) is 4.79 Å². The number of hydrogen-bond donors (Lipinski definition) is 1. The van der Waals surface area contributed by atoms with Crippen LogP contribution in [-0.4, -0.2) is 85.1 Å². The number of ether oxygens (including phenoxy) is 2. The average molecular weight is 491 g/mol. The van der Waals surface area contributed by atoms with Crippen LogP contribution >= 0.6 is 11.6 Å².